The molecule has 8 heteroatoms. The van der Waals surface area contributed by atoms with Gasteiger partial charge in [-0.15, -0.1) is 0 Å². The average molecular weight is 556 g/mol. The van der Waals surface area contributed by atoms with E-state index in [1.165, 1.54) is 6.33 Å². The molecular weight excluding hydrogens is 534 g/mol. The van der Waals surface area contributed by atoms with Crippen molar-refractivity contribution in [1.82, 2.24) is 19.5 Å². The number of nitrogens with zero attached hydrogens (tertiary/aromatic N) is 5. The van der Waals surface area contributed by atoms with Crippen LogP contribution in [0.5, 0.6) is 0 Å². The summed E-state index contributed by atoms with van der Waals surface area (Å²) in [4.78, 5) is 40.8. The largest absolute Gasteiger partial charge is 0.319 e. The topological polar surface area (TPSA) is 102 Å². The van der Waals surface area contributed by atoms with E-state index in [0.717, 1.165) is 27.1 Å². The fourth-order valence-electron chi connectivity index (χ4n) is 6.60. The van der Waals surface area contributed by atoms with Crippen LogP contribution in [0.25, 0.3) is 34.4 Å². The van der Waals surface area contributed by atoms with Crippen LogP contribution in [0, 0.1) is 17.2 Å². The number of carbonyl (C=O) groups excluding carboxylic acids is 2. The Morgan fingerprint density at radius 3 is 2.66 bits per heavy atom. The maximum absolute atomic E-state index is 14.5. The van der Waals surface area contributed by atoms with Crippen molar-refractivity contribution < 1.29 is 9.59 Å². The van der Waals surface area contributed by atoms with Crippen LogP contribution in [0.2, 0.25) is 5.02 Å². The van der Waals surface area contributed by atoms with E-state index in [1.807, 2.05) is 60.9 Å². The van der Waals surface area contributed by atoms with Gasteiger partial charge < -0.3 is 4.57 Å². The first-order valence-corrected chi connectivity index (χ1v) is 13.6. The van der Waals surface area contributed by atoms with Crippen molar-refractivity contribution in [3.05, 3.63) is 111 Å². The van der Waals surface area contributed by atoms with Crippen LogP contribution in [0.4, 0.5) is 0 Å². The molecule has 0 spiro atoms. The van der Waals surface area contributed by atoms with Gasteiger partial charge in [-0.25, -0.2) is 15.0 Å². The van der Waals surface area contributed by atoms with Crippen molar-refractivity contribution >= 4 is 46.5 Å². The van der Waals surface area contributed by atoms with Crippen molar-refractivity contribution in [2.24, 2.45) is 5.92 Å². The van der Waals surface area contributed by atoms with Gasteiger partial charge in [0, 0.05) is 16.5 Å². The summed E-state index contributed by atoms with van der Waals surface area (Å²) in [5.74, 6) is -0.597. The first kappa shape index (κ1) is 25.1. The molecule has 3 atom stereocenters. The Kier molecular flexibility index (Phi) is 5.53. The molecule has 0 amide bonds. The van der Waals surface area contributed by atoms with Gasteiger partial charge in [-0.1, -0.05) is 61.0 Å². The van der Waals surface area contributed by atoms with E-state index in [0.29, 0.717) is 32.9 Å². The lowest BCUT2D eigenvalue weighted by atomic mass is 9.63. The van der Waals surface area contributed by atoms with Crippen LogP contribution in [-0.2, 0) is 10.2 Å². The summed E-state index contributed by atoms with van der Waals surface area (Å²) in [7, 11) is 0. The third-order valence-electron chi connectivity index (χ3n) is 8.46. The van der Waals surface area contributed by atoms with E-state index < -0.39 is 17.4 Å². The predicted octanol–water partition coefficient (Wildman–Crippen LogP) is 4.54. The quantitative estimate of drug-likeness (QED) is 0.324. The fourth-order valence-corrected chi connectivity index (χ4v) is 6.77. The molecule has 0 bridgehead atoms. The maximum Gasteiger partial charge on any atom is 0.187 e. The van der Waals surface area contributed by atoms with Crippen molar-refractivity contribution in [2.45, 2.75) is 25.3 Å². The molecule has 5 aromatic rings. The minimum absolute atomic E-state index is 0.00397. The highest BCUT2D eigenvalue weighted by atomic mass is 35.5. The second-order valence-electron chi connectivity index (χ2n) is 10.7. The molecule has 41 heavy (non-hydrogen) atoms. The van der Waals surface area contributed by atoms with E-state index in [9.17, 15) is 14.9 Å². The molecule has 2 aliphatic rings. The Labute approximate surface area is 240 Å². The number of hydrogen-bond acceptors (Lipinski definition) is 6. The smallest absolute Gasteiger partial charge is 0.187 e. The summed E-state index contributed by atoms with van der Waals surface area (Å²) >= 11 is 6.22. The number of ketones is 2. The summed E-state index contributed by atoms with van der Waals surface area (Å²) in [5, 5.41) is 12.2. The van der Waals surface area contributed by atoms with Gasteiger partial charge in [0.1, 0.15) is 11.8 Å². The molecule has 0 saturated carbocycles. The van der Waals surface area contributed by atoms with Crippen LogP contribution >= 0.6 is 11.6 Å². The van der Waals surface area contributed by atoms with Crippen LogP contribution < -0.4 is 10.4 Å². The minimum Gasteiger partial charge on any atom is -0.319 e. The number of nitriles is 1. The molecule has 7 nitrogen and oxygen atoms in total. The Morgan fingerprint density at radius 2 is 1.83 bits per heavy atom. The van der Waals surface area contributed by atoms with Gasteiger partial charge in [0.05, 0.1) is 35.6 Å². The third-order valence-corrected chi connectivity index (χ3v) is 8.69. The molecular formula is C33H22ClN5O2. The second-order valence-corrected chi connectivity index (χ2v) is 11.1. The van der Waals surface area contributed by atoms with Crippen molar-refractivity contribution in [2.75, 3.05) is 0 Å². The van der Waals surface area contributed by atoms with Crippen molar-refractivity contribution in [3.8, 4) is 17.2 Å². The lowest BCUT2D eigenvalue weighted by Crippen LogP contribution is -2.53. The van der Waals surface area contributed by atoms with Gasteiger partial charge in [0.2, 0.25) is 0 Å². The predicted molar refractivity (Wildman–Crippen MR) is 156 cm³/mol. The Balaban J connectivity index is 1.57. The lowest BCUT2D eigenvalue weighted by Gasteiger charge is -2.42. The van der Waals surface area contributed by atoms with Crippen LogP contribution in [0.15, 0.2) is 73.4 Å². The molecule has 0 aliphatic heterocycles. The molecule has 2 aromatic heterocycles. The number of aromatic nitrogens is 4. The zero-order valence-electron chi connectivity index (χ0n) is 22.2. The summed E-state index contributed by atoms with van der Waals surface area (Å²) in [6.07, 6.45) is 8.36. The fraction of sp³-hybridized carbons (Fsp3) is 0.152. The number of fused-ring (bicyclic) bond motifs is 6. The van der Waals surface area contributed by atoms with Crippen LogP contribution in [0.3, 0.4) is 0 Å². The SMILES string of the molecule is CC1C=c2c(ccc3c2=CC(=O)c2cc(Cl)ccc2-3)C(C)(C(c2ccccc2C#N)n2cnc3ncncc32)C1=O. The molecule has 7 rings (SSSR count). The van der Waals surface area contributed by atoms with Gasteiger partial charge in [0.15, 0.2) is 17.2 Å². The molecule has 0 saturated heterocycles. The number of benzene rings is 3. The molecule has 2 aliphatic carbocycles. The van der Waals surface area contributed by atoms with E-state index in [2.05, 4.69) is 21.0 Å². The average Bonchev–Trinajstić information content (AvgIpc) is 3.40. The summed E-state index contributed by atoms with van der Waals surface area (Å²) < 4.78 is 1.90. The zero-order valence-corrected chi connectivity index (χ0v) is 22.9. The summed E-state index contributed by atoms with van der Waals surface area (Å²) in [6.45, 7) is 3.81. The molecule has 0 N–H and O–H groups in total. The number of carbonyl (C=O) groups is 2. The van der Waals surface area contributed by atoms with Gasteiger partial charge in [-0.05, 0) is 63.9 Å². The molecule has 0 radical (unpaired) electrons. The lowest BCUT2D eigenvalue weighted by molar-refractivity contribution is -0.127. The van der Waals surface area contributed by atoms with E-state index in [4.69, 9.17) is 11.6 Å². The monoisotopic (exact) mass is 555 g/mol. The Hall–Kier alpha value is -4.93. The van der Waals surface area contributed by atoms with Gasteiger partial charge in [-0.3, -0.25) is 9.59 Å². The normalized spacial score (nSPS) is 19.8. The first-order chi connectivity index (χ1) is 19.8. The summed E-state index contributed by atoms with van der Waals surface area (Å²) in [6, 6.07) is 18.3. The Morgan fingerprint density at radius 1 is 1.02 bits per heavy atom. The number of Topliss-reactive ketones (excluding diaryl/α,β-unsaturated/α-hetero) is 2. The van der Waals surface area contributed by atoms with Crippen LogP contribution in [0.1, 0.15) is 46.9 Å². The minimum atomic E-state index is -1.15. The highest BCUT2D eigenvalue weighted by Gasteiger charge is 2.49. The highest BCUT2D eigenvalue weighted by molar-refractivity contribution is 6.32. The van der Waals surface area contributed by atoms with Gasteiger partial charge >= 0.3 is 0 Å². The molecule has 3 aromatic carbocycles. The number of halogens is 1. The summed E-state index contributed by atoms with van der Waals surface area (Å²) in [5.41, 5.74) is 4.18. The standard InChI is InChI=1S/C33H22ClN5O2/c1-18-11-25-24-13-29(40)26-12-20(34)7-8-23(26)22(24)9-10-27(25)33(2,31(18)41)30(21-6-4-3-5-19(21)14-35)39-17-38-32-28(39)15-36-16-37-32/h3-13,15-18,30H,1-2H3. The van der Waals surface area contributed by atoms with Crippen molar-refractivity contribution in [1.29, 1.82) is 5.26 Å². The molecule has 198 valence electrons. The Bertz CT molecular complexity index is 2130. The van der Waals surface area contributed by atoms with E-state index >= 15 is 0 Å². The van der Waals surface area contributed by atoms with Gasteiger partial charge in [-0.2, -0.15) is 5.26 Å². The third kappa shape index (κ3) is 3.54. The van der Waals surface area contributed by atoms with E-state index in [1.54, 1.807) is 36.8 Å². The first-order valence-electron chi connectivity index (χ1n) is 13.2. The number of hydrogen-bond donors (Lipinski definition) is 0. The molecule has 2 heterocycles. The molecule has 3 unspecified atom stereocenters. The van der Waals surface area contributed by atoms with E-state index in [-0.39, 0.29) is 11.6 Å². The molecule has 0 fully saturated rings. The highest BCUT2D eigenvalue weighted by Crippen LogP contribution is 2.45. The zero-order chi connectivity index (χ0) is 28.5. The maximum atomic E-state index is 14.5. The number of rotatable bonds is 3. The van der Waals surface area contributed by atoms with Crippen LogP contribution in [-0.4, -0.2) is 31.1 Å². The second kappa shape index (κ2) is 9.05. The number of imidazole rings is 1. The van der Waals surface area contributed by atoms with Crippen molar-refractivity contribution in [3.63, 3.8) is 0 Å². The van der Waals surface area contributed by atoms with Gasteiger partial charge in [0.25, 0.3) is 0 Å².